The minimum Gasteiger partial charge on any atom is -0.444 e. The second kappa shape index (κ2) is 4.24. The molecule has 2 rings (SSSR count). The number of rotatable bonds is 0. The van der Waals surface area contributed by atoms with Crippen molar-refractivity contribution in [1.82, 2.24) is 4.90 Å². The maximum absolute atomic E-state index is 12.0. The Balaban J connectivity index is 2.00. The fourth-order valence-corrected chi connectivity index (χ4v) is 2.47. The molecule has 0 radical (unpaired) electrons. The molecule has 1 heterocycles. The molecule has 2 fully saturated rings. The number of fused-ring (bicyclic) bond motifs is 1. The molecule has 1 saturated heterocycles. The molecule has 2 atom stereocenters. The molecular formula is C12H21NO3. The van der Waals surface area contributed by atoms with Gasteiger partial charge in [0.2, 0.25) is 0 Å². The summed E-state index contributed by atoms with van der Waals surface area (Å²) < 4.78 is 11.1. The lowest BCUT2D eigenvalue weighted by atomic mass is 10.1. The van der Waals surface area contributed by atoms with Crippen molar-refractivity contribution < 1.29 is 14.3 Å². The van der Waals surface area contributed by atoms with E-state index < -0.39 is 5.60 Å². The van der Waals surface area contributed by atoms with Crippen molar-refractivity contribution in [3.8, 4) is 0 Å². The van der Waals surface area contributed by atoms with Crippen molar-refractivity contribution in [2.45, 2.75) is 57.8 Å². The Bertz CT molecular complexity index is 272. The molecule has 1 aliphatic heterocycles. The summed E-state index contributed by atoms with van der Waals surface area (Å²) in [6.45, 7) is 7.00. The molecular weight excluding hydrogens is 206 g/mol. The summed E-state index contributed by atoms with van der Waals surface area (Å²) in [6.07, 6.45) is 3.32. The number of morpholine rings is 1. The number of nitrogens with zero attached hydrogens (tertiary/aromatic N) is 1. The molecule has 2 aliphatic rings. The molecule has 4 nitrogen and oxygen atoms in total. The fourth-order valence-electron chi connectivity index (χ4n) is 2.47. The number of carbonyl (C=O) groups is 1. The van der Waals surface area contributed by atoms with Crippen LogP contribution >= 0.6 is 0 Å². The molecule has 0 aromatic carbocycles. The van der Waals surface area contributed by atoms with Gasteiger partial charge in [-0.3, -0.25) is 0 Å². The summed E-state index contributed by atoms with van der Waals surface area (Å²) in [7, 11) is 0. The third kappa shape index (κ3) is 2.48. The molecule has 0 aromatic rings. The predicted molar refractivity (Wildman–Crippen MR) is 60.3 cm³/mol. The zero-order valence-corrected chi connectivity index (χ0v) is 10.4. The van der Waals surface area contributed by atoms with E-state index in [-0.39, 0.29) is 18.2 Å². The number of ether oxygens (including phenoxy) is 2. The van der Waals surface area contributed by atoms with Crippen LogP contribution in [0.5, 0.6) is 0 Å². The SMILES string of the molecule is CC(C)(C)OC(=O)N1CCOC2CCCC21. The summed E-state index contributed by atoms with van der Waals surface area (Å²) in [6, 6.07) is 0.239. The average Bonchev–Trinajstić information content (AvgIpc) is 2.61. The Morgan fingerprint density at radius 3 is 2.81 bits per heavy atom. The van der Waals surface area contributed by atoms with Crippen molar-refractivity contribution in [3.63, 3.8) is 0 Å². The van der Waals surface area contributed by atoms with Gasteiger partial charge in [-0.2, -0.15) is 0 Å². The molecule has 1 amide bonds. The van der Waals surface area contributed by atoms with Crippen molar-refractivity contribution in [2.24, 2.45) is 0 Å². The first-order valence-electron chi connectivity index (χ1n) is 6.08. The Kier molecular flexibility index (Phi) is 3.10. The molecule has 4 heteroatoms. The summed E-state index contributed by atoms with van der Waals surface area (Å²) in [5.41, 5.74) is -0.413. The highest BCUT2D eigenvalue weighted by Gasteiger charge is 2.39. The summed E-state index contributed by atoms with van der Waals surface area (Å²) >= 11 is 0. The van der Waals surface area contributed by atoms with Crippen molar-refractivity contribution in [2.75, 3.05) is 13.2 Å². The van der Waals surface area contributed by atoms with Gasteiger partial charge in [0, 0.05) is 6.54 Å². The lowest BCUT2D eigenvalue weighted by molar-refractivity contribution is -0.0634. The Labute approximate surface area is 96.9 Å². The zero-order valence-electron chi connectivity index (χ0n) is 10.4. The molecule has 0 spiro atoms. The van der Waals surface area contributed by atoms with Crippen LogP contribution in [0.3, 0.4) is 0 Å². The Morgan fingerprint density at radius 1 is 1.38 bits per heavy atom. The average molecular weight is 227 g/mol. The predicted octanol–water partition coefficient (Wildman–Crippen LogP) is 2.17. The third-order valence-electron chi connectivity index (χ3n) is 3.11. The lowest BCUT2D eigenvalue weighted by Gasteiger charge is -2.38. The molecule has 92 valence electrons. The van der Waals surface area contributed by atoms with Crippen LogP contribution in [-0.2, 0) is 9.47 Å². The van der Waals surface area contributed by atoms with Crippen LogP contribution in [0.1, 0.15) is 40.0 Å². The van der Waals surface area contributed by atoms with Gasteiger partial charge in [0.1, 0.15) is 5.60 Å². The van der Waals surface area contributed by atoms with E-state index in [4.69, 9.17) is 9.47 Å². The van der Waals surface area contributed by atoms with Gasteiger partial charge in [0.15, 0.2) is 0 Å². The molecule has 0 aromatic heterocycles. The third-order valence-corrected chi connectivity index (χ3v) is 3.11. The monoisotopic (exact) mass is 227 g/mol. The zero-order chi connectivity index (χ0) is 11.8. The van der Waals surface area contributed by atoms with E-state index in [2.05, 4.69) is 0 Å². The lowest BCUT2D eigenvalue weighted by Crippen LogP contribution is -2.52. The van der Waals surface area contributed by atoms with E-state index in [9.17, 15) is 4.79 Å². The highest BCUT2D eigenvalue weighted by Crippen LogP contribution is 2.30. The van der Waals surface area contributed by atoms with Gasteiger partial charge in [0.25, 0.3) is 0 Å². The largest absolute Gasteiger partial charge is 0.444 e. The smallest absolute Gasteiger partial charge is 0.410 e. The number of carbonyl (C=O) groups excluding carboxylic acids is 1. The summed E-state index contributed by atoms with van der Waals surface area (Å²) in [5.74, 6) is 0. The van der Waals surface area contributed by atoms with Crippen molar-refractivity contribution >= 4 is 6.09 Å². The van der Waals surface area contributed by atoms with Gasteiger partial charge in [-0.25, -0.2) is 4.79 Å². The van der Waals surface area contributed by atoms with Crippen molar-refractivity contribution in [1.29, 1.82) is 0 Å². The molecule has 1 aliphatic carbocycles. The molecule has 0 N–H and O–H groups in total. The Hall–Kier alpha value is -0.770. The number of amides is 1. The van der Waals surface area contributed by atoms with Crippen LogP contribution in [0.15, 0.2) is 0 Å². The van der Waals surface area contributed by atoms with Crippen molar-refractivity contribution in [3.05, 3.63) is 0 Å². The first-order chi connectivity index (χ1) is 7.47. The van der Waals surface area contributed by atoms with Crippen LogP contribution in [0.2, 0.25) is 0 Å². The minimum atomic E-state index is -0.413. The van der Waals surface area contributed by atoms with Gasteiger partial charge in [-0.05, 0) is 40.0 Å². The quantitative estimate of drug-likeness (QED) is 0.636. The molecule has 1 saturated carbocycles. The second-order valence-electron chi connectivity index (χ2n) is 5.58. The maximum Gasteiger partial charge on any atom is 0.410 e. The Morgan fingerprint density at radius 2 is 2.12 bits per heavy atom. The van der Waals surface area contributed by atoms with E-state index in [1.54, 1.807) is 0 Å². The molecule has 16 heavy (non-hydrogen) atoms. The molecule has 0 bridgehead atoms. The van der Waals surface area contributed by atoms with Gasteiger partial charge in [0.05, 0.1) is 18.8 Å². The summed E-state index contributed by atoms with van der Waals surface area (Å²) in [4.78, 5) is 13.9. The highest BCUT2D eigenvalue weighted by atomic mass is 16.6. The van der Waals surface area contributed by atoms with Crippen LogP contribution in [0.4, 0.5) is 4.79 Å². The van der Waals surface area contributed by atoms with E-state index in [1.165, 1.54) is 0 Å². The van der Waals surface area contributed by atoms with Crippen LogP contribution in [0.25, 0.3) is 0 Å². The fraction of sp³-hybridized carbons (Fsp3) is 0.917. The minimum absolute atomic E-state index is 0.187. The number of hydrogen-bond donors (Lipinski definition) is 0. The normalized spacial score (nSPS) is 30.1. The van der Waals surface area contributed by atoms with E-state index >= 15 is 0 Å². The first kappa shape index (κ1) is 11.7. The topological polar surface area (TPSA) is 38.8 Å². The van der Waals surface area contributed by atoms with Gasteiger partial charge in [-0.1, -0.05) is 0 Å². The van der Waals surface area contributed by atoms with Gasteiger partial charge in [-0.15, -0.1) is 0 Å². The highest BCUT2D eigenvalue weighted by molar-refractivity contribution is 5.68. The van der Waals surface area contributed by atoms with Crippen LogP contribution in [-0.4, -0.2) is 41.9 Å². The first-order valence-corrected chi connectivity index (χ1v) is 6.08. The maximum atomic E-state index is 12.0. The van der Waals surface area contributed by atoms with Crippen LogP contribution in [0, 0.1) is 0 Å². The van der Waals surface area contributed by atoms with E-state index in [0.717, 1.165) is 19.3 Å². The van der Waals surface area contributed by atoms with Crippen LogP contribution < -0.4 is 0 Å². The van der Waals surface area contributed by atoms with E-state index in [1.807, 2.05) is 25.7 Å². The second-order valence-corrected chi connectivity index (χ2v) is 5.58. The van der Waals surface area contributed by atoms with Gasteiger partial charge < -0.3 is 14.4 Å². The van der Waals surface area contributed by atoms with E-state index in [0.29, 0.717) is 13.2 Å². The summed E-state index contributed by atoms with van der Waals surface area (Å²) in [5, 5.41) is 0. The standard InChI is InChI=1S/C12H21NO3/c1-12(2,3)16-11(14)13-7-8-15-10-6-4-5-9(10)13/h9-10H,4-8H2,1-3H3. The molecule has 2 unspecified atom stereocenters. The number of hydrogen-bond acceptors (Lipinski definition) is 3. The van der Waals surface area contributed by atoms with Gasteiger partial charge >= 0.3 is 6.09 Å².